The van der Waals surface area contributed by atoms with Gasteiger partial charge in [-0.1, -0.05) is 44.2 Å². The smallest absolute Gasteiger partial charge is 0.0541 e. The van der Waals surface area contributed by atoms with Crippen molar-refractivity contribution in [1.29, 1.82) is 0 Å². The van der Waals surface area contributed by atoms with Crippen LogP contribution in [0.15, 0.2) is 30.3 Å². The van der Waals surface area contributed by atoms with Gasteiger partial charge >= 0.3 is 0 Å². The van der Waals surface area contributed by atoms with Crippen LogP contribution < -0.4 is 5.32 Å². The number of benzene rings is 1. The fourth-order valence-corrected chi connectivity index (χ4v) is 3.12. The highest BCUT2D eigenvalue weighted by molar-refractivity contribution is 5.14. The molecule has 1 aromatic rings. The number of rotatable bonds is 6. The Hall–Kier alpha value is -0.860. The van der Waals surface area contributed by atoms with E-state index in [2.05, 4.69) is 49.5 Å². The molecule has 1 aromatic carbocycles. The lowest BCUT2D eigenvalue weighted by atomic mass is 9.90. The molecule has 0 spiro atoms. The van der Waals surface area contributed by atoms with Crippen LogP contribution >= 0.6 is 0 Å². The molecule has 20 heavy (non-hydrogen) atoms. The summed E-state index contributed by atoms with van der Waals surface area (Å²) >= 11 is 0. The molecule has 1 atom stereocenters. The summed E-state index contributed by atoms with van der Waals surface area (Å²) < 4.78 is 0. The molecule has 0 aliphatic heterocycles. The van der Waals surface area contributed by atoms with E-state index in [0.29, 0.717) is 18.0 Å². The van der Waals surface area contributed by atoms with Crippen molar-refractivity contribution < 1.29 is 5.11 Å². The summed E-state index contributed by atoms with van der Waals surface area (Å²) in [6.07, 6.45) is 6.44. The van der Waals surface area contributed by atoms with Crippen molar-refractivity contribution in [2.24, 2.45) is 5.92 Å². The minimum atomic E-state index is -0.0603. The summed E-state index contributed by atoms with van der Waals surface area (Å²) in [7, 11) is 0. The molecule has 2 rings (SSSR count). The van der Waals surface area contributed by atoms with E-state index in [0.717, 1.165) is 32.1 Å². The number of aliphatic hydroxyl groups excluding tert-OH is 1. The first kappa shape index (κ1) is 15.5. The summed E-state index contributed by atoms with van der Waals surface area (Å²) in [5, 5.41) is 13.4. The van der Waals surface area contributed by atoms with Crippen LogP contribution in [0.4, 0.5) is 0 Å². The molecule has 1 saturated carbocycles. The van der Waals surface area contributed by atoms with Crippen molar-refractivity contribution in [3.63, 3.8) is 0 Å². The van der Waals surface area contributed by atoms with Crippen LogP contribution in [-0.2, 0) is 6.42 Å². The SMILES string of the molecule is CC(C)C(CCc1ccccc1)NC1CCC(O)CC1. The summed E-state index contributed by atoms with van der Waals surface area (Å²) in [6, 6.07) is 11.9. The van der Waals surface area contributed by atoms with Gasteiger partial charge in [0.15, 0.2) is 0 Å². The molecule has 112 valence electrons. The molecular formula is C18H29NO. The Morgan fingerprint density at radius 2 is 1.75 bits per heavy atom. The van der Waals surface area contributed by atoms with Crippen LogP contribution in [0.1, 0.15) is 51.5 Å². The molecule has 1 fully saturated rings. The second-order valence-electron chi connectivity index (χ2n) is 6.55. The molecule has 0 saturated heterocycles. The van der Waals surface area contributed by atoms with Crippen LogP contribution in [0.2, 0.25) is 0 Å². The van der Waals surface area contributed by atoms with Crippen LogP contribution in [-0.4, -0.2) is 23.3 Å². The number of aliphatic hydroxyl groups is 1. The van der Waals surface area contributed by atoms with E-state index in [-0.39, 0.29) is 6.10 Å². The van der Waals surface area contributed by atoms with E-state index in [1.165, 1.54) is 12.0 Å². The summed E-state index contributed by atoms with van der Waals surface area (Å²) in [5.74, 6) is 0.658. The Labute approximate surface area is 123 Å². The molecule has 1 aliphatic rings. The Bertz CT molecular complexity index is 368. The Morgan fingerprint density at radius 3 is 2.35 bits per heavy atom. The molecule has 2 heteroatoms. The topological polar surface area (TPSA) is 32.3 Å². The van der Waals surface area contributed by atoms with Crippen molar-refractivity contribution in [3.05, 3.63) is 35.9 Å². The van der Waals surface area contributed by atoms with E-state index in [1.54, 1.807) is 0 Å². The maximum Gasteiger partial charge on any atom is 0.0541 e. The van der Waals surface area contributed by atoms with Crippen molar-refractivity contribution in [2.75, 3.05) is 0 Å². The number of nitrogens with one attached hydrogen (secondary N) is 1. The predicted octanol–water partition coefficient (Wildman–Crippen LogP) is 3.54. The highest BCUT2D eigenvalue weighted by atomic mass is 16.3. The van der Waals surface area contributed by atoms with Gasteiger partial charge in [0.05, 0.1) is 6.10 Å². The minimum Gasteiger partial charge on any atom is -0.393 e. The van der Waals surface area contributed by atoms with Crippen molar-refractivity contribution in [1.82, 2.24) is 5.32 Å². The first-order valence-corrected chi connectivity index (χ1v) is 8.13. The zero-order valence-electron chi connectivity index (χ0n) is 12.9. The maximum atomic E-state index is 9.59. The molecule has 0 heterocycles. The van der Waals surface area contributed by atoms with Gasteiger partial charge in [-0.3, -0.25) is 0 Å². The Balaban J connectivity index is 1.81. The molecule has 0 amide bonds. The van der Waals surface area contributed by atoms with Crippen molar-refractivity contribution in [2.45, 2.75) is 70.6 Å². The first-order chi connectivity index (χ1) is 9.65. The van der Waals surface area contributed by atoms with Crippen LogP contribution in [0.3, 0.4) is 0 Å². The zero-order valence-corrected chi connectivity index (χ0v) is 12.9. The fourth-order valence-electron chi connectivity index (χ4n) is 3.12. The fraction of sp³-hybridized carbons (Fsp3) is 0.667. The van der Waals surface area contributed by atoms with Gasteiger partial charge in [-0.15, -0.1) is 0 Å². The lowest BCUT2D eigenvalue weighted by molar-refractivity contribution is 0.111. The van der Waals surface area contributed by atoms with Crippen LogP contribution in [0.25, 0.3) is 0 Å². The molecule has 1 unspecified atom stereocenters. The Kier molecular flexibility index (Phi) is 6.06. The van der Waals surface area contributed by atoms with Crippen molar-refractivity contribution in [3.8, 4) is 0 Å². The summed E-state index contributed by atoms with van der Waals surface area (Å²) in [5.41, 5.74) is 1.43. The third-order valence-electron chi connectivity index (χ3n) is 4.54. The summed E-state index contributed by atoms with van der Waals surface area (Å²) in [4.78, 5) is 0. The normalized spacial score (nSPS) is 24.8. The monoisotopic (exact) mass is 275 g/mol. The highest BCUT2D eigenvalue weighted by Gasteiger charge is 2.23. The molecule has 2 N–H and O–H groups in total. The van der Waals surface area contributed by atoms with Crippen molar-refractivity contribution >= 4 is 0 Å². The molecule has 0 radical (unpaired) electrons. The van der Waals surface area contributed by atoms with E-state index in [1.807, 2.05) is 0 Å². The van der Waals surface area contributed by atoms with Gasteiger partial charge in [-0.05, 0) is 50.0 Å². The molecule has 1 aliphatic carbocycles. The first-order valence-electron chi connectivity index (χ1n) is 8.13. The Morgan fingerprint density at radius 1 is 1.10 bits per heavy atom. The molecular weight excluding hydrogens is 246 g/mol. The second kappa shape index (κ2) is 7.80. The van der Waals surface area contributed by atoms with Gasteiger partial charge < -0.3 is 10.4 Å². The summed E-state index contributed by atoms with van der Waals surface area (Å²) in [6.45, 7) is 4.61. The quantitative estimate of drug-likeness (QED) is 0.832. The number of hydrogen-bond acceptors (Lipinski definition) is 2. The maximum absolute atomic E-state index is 9.59. The predicted molar refractivity (Wildman–Crippen MR) is 84.8 cm³/mol. The molecule has 0 aromatic heterocycles. The van der Waals surface area contributed by atoms with E-state index in [4.69, 9.17) is 0 Å². The van der Waals surface area contributed by atoms with Gasteiger partial charge in [0, 0.05) is 12.1 Å². The number of aryl methyl sites for hydroxylation is 1. The average Bonchev–Trinajstić information content (AvgIpc) is 2.46. The van der Waals surface area contributed by atoms with E-state index < -0.39 is 0 Å². The number of hydrogen-bond donors (Lipinski definition) is 2. The zero-order chi connectivity index (χ0) is 14.4. The van der Waals surface area contributed by atoms with Gasteiger partial charge in [0.2, 0.25) is 0 Å². The minimum absolute atomic E-state index is 0.0603. The standard InChI is InChI=1S/C18H29NO/c1-14(2)18(13-8-15-6-4-3-5-7-15)19-16-9-11-17(20)12-10-16/h3-7,14,16-20H,8-13H2,1-2H3. The molecule has 2 nitrogen and oxygen atoms in total. The van der Waals surface area contributed by atoms with Gasteiger partial charge in [-0.25, -0.2) is 0 Å². The van der Waals surface area contributed by atoms with E-state index >= 15 is 0 Å². The lowest BCUT2D eigenvalue weighted by Crippen LogP contribution is -2.44. The van der Waals surface area contributed by atoms with Gasteiger partial charge in [0.1, 0.15) is 0 Å². The third kappa shape index (κ3) is 4.92. The van der Waals surface area contributed by atoms with Crippen LogP contribution in [0, 0.1) is 5.92 Å². The van der Waals surface area contributed by atoms with E-state index in [9.17, 15) is 5.11 Å². The van der Waals surface area contributed by atoms with Crippen LogP contribution in [0.5, 0.6) is 0 Å². The average molecular weight is 275 g/mol. The second-order valence-corrected chi connectivity index (χ2v) is 6.55. The van der Waals surface area contributed by atoms with Gasteiger partial charge in [0.25, 0.3) is 0 Å². The lowest BCUT2D eigenvalue weighted by Gasteiger charge is -2.32. The largest absolute Gasteiger partial charge is 0.393 e. The van der Waals surface area contributed by atoms with Gasteiger partial charge in [-0.2, -0.15) is 0 Å². The highest BCUT2D eigenvalue weighted by Crippen LogP contribution is 2.21. The molecule has 0 bridgehead atoms. The third-order valence-corrected chi connectivity index (χ3v) is 4.54.